The fourth-order valence-electron chi connectivity index (χ4n) is 4.37. The van der Waals surface area contributed by atoms with Crippen LogP contribution in [0.4, 0.5) is 10.2 Å². The number of fused-ring (bicyclic) bond motifs is 1. The molecule has 0 atom stereocenters. The summed E-state index contributed by atoms with van der Waals surface area (Å²) in [6.07, 6.45) is 6.63. The van der Waals surface area contributed by atoms with Crippen LogP contribution in [0.3, 0.4) is 0 Å². The molecule has 0 aliphatic carbocycles. The van der Waals surface area contributed by atoms with Crippen LogP contribution in [0.1, 0.15) is 26.3 Å². The van der Waals surface area contributed by atoms with E-state index in [-0.39, 0.29) is 6.54 Å². The molecule has 0 saturated carbocycles. The van der Waals surface area contributed by atoms with Crippen molar-refractivity contribution < 1.29 is 12.8 Å². The summed E-state index contributed by atoms with van der Waals surface area (Å²) in [6, 6.07) is 9.85. The summed E-state index contributed by atoms with van der Waals surface area (Å²) in [5.74, 6) is 0.413. The molecule has 4 rings (SSSR count). The molecule has 3 aromatic rings. The summed E-state index contributed by atoms with van der Waals surface area (Å²) in [6.45, 7) is 15.5. The number of nitrogens with one attached hydrogen (secondary N) is 4. The number of aromatic nitrogens is 2. The molecule has 0 fully saturated rings. The number of anilines is 1. The predicted molar refractivity (Wildman–Crippen MR) is 170 cm³/mol. The monoisotopic (exact) mass is 602 g/mol. The number of sulfonamides is 1. The average molecular weight is 603 g/mol. The molecule has 0 radical (unpaired) electrons. The van der Waals surface area contributed by atoms with E-state index in [0.29, 0.717) is 49.6 Å². The largest absolute Gasteiger partial charge is 0.344 e. The Morgan fingerprint density at radius 1 is 1.19 bits per heavy atom. The number of halogens is 1. The van der Waals surface area contributed by atoms with Gasteiger partial charge in [0.15, 0.2) is 11.6 Å². The van der Waals surface area contributed by atoms with Crippen molar-refractivity contribution in [1.82, 2.24) is 20.2 Å². The molecule has 0 bridgehead atoms. The highest BCUT2D eigenvalue weighted by molar-refractivity contribution is 7.88. The Hall–Kier alpha value is -4.52. The SMILES string of the molecule is C=N/C=C(\C=C(/C)CNCC)C(/C)=C/Nc1n[nH]c(=C2N=c3cccc(-c4cc(F)cc(CNS(C)(=O)=O)c4)c3=N2)c1=C. The normalized spacial score (nSPS) is 15.1. The minimum absolute atomic E-state index is 0.0342. The Morgan fingerprint density at radius 3 is 2.70 bits per heavy atom. The van der Waals surface area contributed by atoms with Gasteiger partial charge in [-0.05, 0) is 73.6 Å². The van der Waals surface area contributed by atoms with Gasteiger partial charge >= 0.3 is 0 Å². The van der Waals surface area contributed by atoms with Crippen molar-refractivity contribution in [2.75, 3.05) is 24.7 Å². The molecule has 224 valence electrons. The minimum atomic E-state index is -3.43. The van der Waals surface area contributed by atoms with Crippen molar-refractivity contribution in [1.29, 1.82) is 0 Å². The third-order valence-corrected chi connectivity index (χ3v) is 7.19. The van der Waals surface area contributed by atoms with E-state index in [9.17, 15) is 12.8 Å². The van der Waals surface area contributed by atoms with E-state index < -0.39 is 15.8 Å². The summed E-state index contributed by atoms with van der Waals surface area (Å²) in [4.78, 5) is 13.4. The first-order valence-electron chi connectivity index (χ1n) is 13.5. The standard InChI is InChI=1S/C31H35FN8O2S/c1-7-34-15-19(2)11-24(18-33-5)20(3)16-35-30-21(4)28(39-40-30)31-37-27-10-8-9-26(29(27)38-31)23-12-22(13-25(32)14-23)17-36-43(6,41)42/h8-14,16,18,34,36,39H,4-5,7,15,17H2,1-3,6H3,(H,35,40)/b19-11+,20-16+,24-18+,31-28?. The fraction of sp³-hybridized carbons (Fsp3) is 0.226. The van der Waals surface area contributed by atoms with Gasteiger partial charge < -0.3 is 10.6 Å². The zero-order valence-corrected chi connectivity index (χ0v) is 25.4. The van der Waals surface area contributed by atoms with Crippen molar-refractivity contribution in [2.45, 2.75) is 27.3 Å². The van der Waals surface area contributed by atoms with Crippen LogP contribution < -0.4 is 36.6 Å². The lowest BCUT2D eigenvalue weighted by atomic mass is 10.0. The van der Waals surface area contributed by atoms with E-state index in [1.54, 1.807) is 12.3 Å². The number of likely N-dealkylation sites (N-methyl/N-ethyl adjacent to an activating group) is 1. The Balaban J connectivity index is 1.67. The zero-order chi connectivity index (χ0) is 31.1. The van der Waals surface area contributed by atoms with Crippen molar-refractivity contribution >= 4 is 35.0 Å². The second-order valence-corrected chi connectivity index (χ2v) is 11.9. The van der Waals surface area contributed by atoms with Crippen LogP contribution in [-0.4, -0.2) is 44.7 Å². The molecule has 4 N–H and O–H groups in total. The maximum atomic E-state index is 14.5. The Morgan fingerprint density at radius 2 is 1.98 bits per heavy atom. The Labute approximate surface area is 250 Å². The van der Waals surface area contributed by atoms with Gasteiger partial charge in [-0.25, -0.2) is 27.5 Å². The average Bonchev–Trinajstić information content (AvgIpc) is 3.55. The van der Waals surface area contributed by atoms with E-state index in [1.165, 1.54) is 12.1 Å². The zero-order valence-electron chi connectivity index (χ0n) is 24.6. The molecule has 0 saturated heterocycles. The predicted octanol–water partition coefficient (Wildman–Crippen LogP) is 2.15. The van der Waals surface area contributed by atoms with Crippen LogP contribution in [0.15, 0.2) is 86.6 Å². The van der Waals surface area contributed by atoms with Crippen molar-refractivity contribution in [3.8, 4) is 11.1 Å². The molecule has 12 heteroatoms. The van der Waals surface area contributed by atoms with Crippen molar-refractivity contribution in [2.24, 2.45) is 15.0 Å². The number of hydrogen-bond donors (Lipinski definition) is 4. The number of rotatable bonds is 12. The van der Waals surface area contributed by atoms with Crippen molar-refractivity contribution in [3.63, 3.8) is 0 Å². The van der Waals surface area contributed by atoms with Crippen LogP contribution in [-0.2, 0) is 16.6 Å². The first-order valence-corrected chi connectivity index (χ1v) is 15.4. The molecule has 0 spiro atoms. The summed E-state index contributed by atoms with van der Waals surface area (Å²) >= 11 is 0. The summed E-state index contributed by atoms with van der Waals surface area (Å²) < 4.78 is 40.0. The second kappa shape index (κ2) is 13.6. The summed E-state index contributed by atoms with van der Waals surface area (Å²) in [5, 5.41) is 16.1. The smallest absolute Gasteiger partial charge is 0.209 e. The molecule has 10 nitrogen and oxygen atoms in total. The quantitative estimate of drug-likeness (QED) is 0.186. The number of aliphatic imine (C=N–C) groups is 1. The van der Waals surface area contributed by atoms with Crippen LogP contribution in [0, 0.1) is 5.82 Å². The maximum Gasteiger partial charge on any atom is 0.209 e. The molecule has 1 aromatic heterocycles. The van der Waals surface area contributed by atoms with Crippen LogP contribution in [0.5, 0.6) is 0 Å². The van der Waals surface area contributed by atoms with Gasteiger partial charge in [-0.3, -0.25) is 10.1 Å². The number of para-hydroxylation sites is 1. The van der Waals surface area contributed by atoms with Gasteiger partial charge in [0.05, 0.1) is 17.0 Å². The molecular weight excluding hydrogens is 567 g/mol. The van der Waals surface area contributed by atoms with Crippen LogP contribution in [0.25, 0.3) is 23.5 Å². The summed E-state index contributed by atoms with van der Waals surface area (Å²) in [7, 11) is -3.43. The third kappa shape index (κ3) is 8.07. The highest BCUT2D eigenvalue weighted by atomic mass is 32.2. The van der Waals surface area contributed by atoms with Gasteiger partial charge in [-0.1, -0.05) is 37.3 Å². The van der Waals surface area contributed by atoms with Crippen molar-refractivity contribution in [3.05, 3.63) is 104 Å². The first kappa shape index (κ1) is 31.4. The fourth-order valence-corrected chi connectivity index (χ4v) is 4.80. The number of hydrogen-bond acceptors (Lipinski definition) is 8. The highest BCUT2D eigenvalue weighted by Gasteiger charge is 2.13. The van der Waals surface area contributed by atoms with Gasteiger partial charge in [0.1, 0.15) is 11.2 Å². The van der Waals surface area contributed by atoms with E-state index in [2.05, 4.69) is 61.8 Å². The van der Waals surface area contributed by atoms with Gasteiger partial charge in [0, 0.05) is 36.3 Å². The van der Waals surface area contributed by atoms with Crippen LogP contribution in [0.2, 0.25) is 0 Å². The number of benzene rings is 2. The van der Waals surface area contributed by atoms with E-state index in [4.69, 9.17) is 4.99 Å². The first-order chi connectivity index (χ1) is 20.5. The molecule has 0 unspecified atom stereocenters. The van der Waals surface area contributed by atoms with Gasteiger partial charge in [0.2, 0.25) is 10.0 Å². The number of H-pyrrole nitrogens is 1. The number of aromatic amines is 1. The lowest BCUT2D eigenvalue weighted by molar-refractivity contribution is 0.586. The third-order valence-electron chi connectivity index (χ3n) is 6.52. The topological polar surface area (TPSA) is 136 Å². The molecule has 43 heavy (non-hydrogen) atoms. The molecular formula is C31H35FN8O2S. The molecule has 2 heterocycles. The molecule has 1 aliphatic heterocycles. The minimum Gasteiger partial charge on any atom is -0.344 e. The number of allylic oxidation sites excluding steroid dienone is 3. The second-order valence-electron chi connectivity index (χ2n) is 10.1. The van der Waals surface area contributed by atoms with Gasteiger partial charge in [-0.15, -0.1) is 0 Å². The maximum absolute atomic E-state index is 14.5. The Bertz CT molecular complexity index is 1990. The molecule has 2 aromatic carbocycles. The van der Waals surface area contributed by atoms with Crippen LogP contribution >= 0.6 is 0 Å². The molecule has 0 amide bonds. The number of nitrogens with zero attached hydrogens (tertiary/aromatic N) is 4. The van der Waals surface area contributed by atoms with E-state index in [0.717, 1.165) is 36.1 Å². The Kier molecular flexibility index (Phi) is 9.96. The van der Waals surface area contributed by atoms with Gasteiger partial charge in [0.25, 0.3) is 0 Å². The van der Waals surface area contributed by atoms with E-state index in [1.807, 2.05) is 38.2 Å². The highest BCUT2D eigenvalue weighted by Crippen LogP contribution is 2.20. The van der Waals surface area contributed by atoms with Gasteiger partial charge in [-0.2, -0.15) is 5.10 Å². The molecule has 1 aliphatic rings. The summed E-state index contributed by atoms with van der Waals surface area (Å²) in [5.41, 5.74) is 4.68. The van der Waals surface area contributed by atoms with E-state index >= 15 is 0 Å². The lowest BCUT2D eigenvalue weighted by Gasteiger charge is -2.07. The lowest BCUT2D eigenvalue weighted by Crippen LogP contribution is -2.24.